The number of rotatable bonds is 14. The van der Waals surface area contributed by atoms with Crippen molar-refractivity contribution in [1.82, 2.24) is 0 Å². The Balaban J connectivity index is 2.63. The van der Waals surface area contributed by atoms with Gasteiger partial charge in [-0.2, -0.15) is 0 Å². The van der Waals surface area contributed by atoms with Crippen molar-refractivity contribution < 1.29 is 37.8 Å². The Labute approximate surface area is 170 Å². The minimum atomic E-state index is -4.43. The lowest BCUT2D eigenvalue weighted by Crippen LogP contribution is -2.42. The van der Waals surface area contributed by atoms with Gasteiger partial charge in [0.15, 0.2) is 0 Å². The zero-order valence-corrected chi connectivity index (χ0v) is 17.9. The van der Waals surface area contributed by atoms with E-state index in [9.17, 15) is 24.4 Å². The van der Waals surface area contributed by atoms with E-state index >= 15 is 0 Å². The number of carboxylic acids is 1. The molecule has 0 aromatic heterocycles. The highest BCUT2D eigenvalue weighted by molar-refractivity contribution is 7.47. The summed E-state index contributed by atoms with van der Waals surface area (Å²) in [6.07, 6.45) is 3.00. The highest BCUT2D eigenvalue weighted by Gasteiger charge is 2.31. The van der Waals surface area contributed by atoms with Crippen molar-refractivity contribution in [3.8, 4) is 5.75 Å². The molecule has 0 heterocycles. The standard InChI is InChI=1S/C18H29N2O8P/c1-20(2,3)14-17(8-6-4-5-7-9-18(21)22)28-29(25,26)27-16-12-10-15(11-13-16)19(23)24/h10-13,17H,4-9,14H2,1-3H3,(H-,21,22,25,26)/p+1. The molecule has 0 saturated carbocycles. The minimum absolute atomic E-state index is 0.000831. The van der Waals surface area contributed by atoms with Gasteiger partial charge in [0.05, 0.1) is 26.1 Å². The Hall–Kier alpha value is -2.00. The molecule has 0 aliphatic carbocycles. The summed E-state index contributed by atoms with van der Waals surface area (Å²) in [5.74, 6) is -0.819. The topological polar surface area (TPSA) is 136 Å². The number of likely N-dealkylation sites (N-methyl/N-ethyl adjacent to an activating group) is 1. The van der Waals surface area contributed by atoms with Crippen LogP contribution in [0, 0.1) is 10.1 Å². The molecule has 2 unspecified atom stereocenters. The van der Waals surface area contributed by atoms with Crippen LogP contribution in [0.2, 0.25) is 0 Å². The molecule has 10 nitrogen and oxygen atoms in total. The summed E-state index contributed by atoms with van der Waals surface area (Å²) in [4.78, 5) is 30.8. The molecule has 1 aromatic carbocycles. The number of aliphatic carboxylic acids is 1. The van der Waals surface area contributed by atoms with Gasteiger partial charge in [-0.15, -0.1) is 0 Å². The minimum Gasteiger partial charge on any atom is -0.481 e. The molecule has 0 aliphatic rings. The summed E-state index contributed by atoms with van der Waals surface area (Å²) >= 11 is 0. The van der Waals surface area contributed by atoms with E-state index in [4.69, 9.17) is 14.2 Å². The van der Waals surface area contributed by atoms with Crippen LogP contribution in [0.5, 0.6) is 5.75 Å². The molecule has 0 fully saturated rings. The number of hydrogen-bond acceptors (Lipinski definition) is 6. The maximum absolute atomic E-state index is 12.4. The first-order chi connectivity index (χ1) is 13.4. The maximum Gasteiger partial charge on any atom is 0.527 e. The van der Waals surface area contributed by atoms with Crippen molar-refractivity contribution in [2.45, 2.75) is 44.6 Å². The van der Waals surface area contributed by atoms with Crippen LogP contribution in [0.4, 0.5) is 5.69 Å². The monoisotopic (exact) mass is 433 g/mol. The van der Waals surface area contributed by atoms with Crippen LogP contribution in [0.3, 0.4) is 0 Å². The molecule has 0 amide bonds. The van der Waals surface area contributed by atoms with Crippen LogP contribution in [-0.2, 0) is 13.9 Å². The first-order valence-corrected chi connectivity index (χ1v) is 10.8. The highest BCUT2D eigenvalue weighted by Crippen LogP contribution is 2.46. The number of non-ortho nitro benzene ring substituents is 1. The zero-order chi connectivity index (χ0) is 22.1. The van der Waals surface area contributed by atoms with Crippen molar-refractivity contribution in [3.63, 3.8) is 0 Å². The summed E-state index contributed by atoms with van der Waals surface area (Å²) in [6, 6.07) is 4.83. The van der Waals surface area contributed by atoms with Gasteiger partial charge in [0, 0.05) is 18.6 Å². The fourth-order valence-corrected chi connectivity index (χ4v) is 3.74. The third-order valence-electron chi connectivity index (χ3n) is 3.97. The van der Waals surface area contributed by atoms with Gasteiger partial charge in [-0.25, -0.2) is 4.57 Å². The number of nitrogens with zero attached hydrogens (tertiary/aromatic N) is 2. The van der Waals surface area contributed by atoms with Gasteiger partial charge in [0.25, 0.3) is 5.69 Å². The number of carboxylic acid groups (broad SMARTS) is 1. The lowest BCUT2D eigenvalue weighted by molar-refractivity contribution is -0.873. The maximum atomic E-state index is 12.4. The van der Waals surface area contributed by atoms with E-state index in [1.807, 2.05) is 21.1 Å². The molecule has 2 atom stereocenters. The number of carbonyl (C=O) groups is 1. The quantitative estimate of drug-likeness (QED) is 0.149. The third kappa shape index (κ3) is 11.6. The molecule has 11 heteroatoms. The van der Waals surface area contributed by atoms with E-state index < -0.39 is 24.8 Å². The van der Waals surface area contributed by atoms with Gasteiger partial charge in [-0.1, -0.05) is 19.3 Å². The number of benzene rings is 1. The van der Waals surface area contributed by atoms with E-state index in [2.05, 4.69) is 0 Å². The molecule has 0 spiro atoms. The fraction of sp³-hybridized carbons (Fsp3) is 0.611. The summed E-state index contributed by atoms with van der Waals surface area (Å²) < 4.78 is 23.4. The molecule has 0 bridgehead atoms. The van der Waals surface area contributed by atoms with Gasteiger partial charge in [0.2, 0.25) is 0 Å². The Bertz CT molecular complexity index is 718. The summed E-state index contributed by atoms with van der Waals surface area (Å²) in [5, 5.41) is 19.3. The number of phosphoric ester groups is 1. The van der Waals surface area contributed by atoms with E-state index in [0.717, 1.165) is 19.3 Å². The molecule has 0 saturated heterocycles. The SMILES string of the molecule is C[N+](C)(C)CC(CCCCCCC(=O)O)OP(=O)(O)Oc1ccc([N+](=O)[O-])cc1. The van der Waals surface area contributed by atoms with E-state index in [1.165, 1.54) is 24.3 Å². The first kappa shape index (κ1) is 25.0. The van der Waals surface area contributed by atoms with E-state index in [1.54, 1.807) is 0 Å². The molecular weight excluding hydrogens is 403 g/mol. The molecule has 2 N–H and O–H groups in total. The Morgan fingerprint density at radius 1 is 1.17 bits per heavy atom. The second-order valence-electron chi connectivity index (χ2n) is 7.86. The van der Waals surface area contributed by atoms with Crippen LogP contribution in [-0.4, -0.2) is 59.2 Å². The molecular formula is C18H30N2O8P+. The molecule has 1 aromatic rings. The predicted octanol–water partition coefficient (Wildman–Crippen LogP) is 3.59. The molecule has 164 valence electrons. The Morgan fingerprint density at radius 2 is 1.76 bits per heavy atom. The third-order valence-corrected chi connectivity index (χ3v) is 4.97. The fourth-order valence-electron chi connectivity index (χ4n) is 2.76. The van der Waals surface area contributed by atoms with Gasteiger partial charge in [-0.3, -0.25) is 24.3 Å². The lowest BCUT2D eigenvalue weighted by atomic mass is 10.1. The second-order valence-corrected chi connectivity index (χ2v) is 9.19. The smallest absolute Gasteiger partial charge is 0.481 e. The van der Waals surface area contributed by atoms with Crippen molar-refractivity contribution in [2.75, 3.05) is 27.7 Å². The van der Waals surface area contributed by atoms with Gasteiger partial charge >= 0.3 is 13.8 Å². The highest BCUT2D eigenvalue weighted by atomic mass is 31.2. The van der Waals surface area contributed by atoms with Crippen molar-refractivity contribution >= 4 is 19.5 Å². The summed E-state index contributed by atoms with van der Waals surface area (Å²) in [7, 11) is 1.37. The van der Waals surface area contributed by atoms with Gasteiger partial charge in [-0.05, 0) is 25.0 Å². The number of unbranched alkanes of at least 4 members (excludes halogenated alkanes) is 3. The molecule has 0 radical (unpaired) electrons. The van der Waals surface area contributed by atoms with E-state index in [-0.39, 0.29) is 17.9 Å². The number of nitro groups is 1. The van der Waals surface area contributed by atoms with E-state index in [0.29, 0.717) is 23.9 Å². The Morgan fingerprint density at radius 3 is 2.28 bits per heavy atom. The largest absolute Gasteiger partial charge is 0.527 e. The van der Waals surface area contributed by atoms with Gasteiger partial charge in [0.1, 0.15) is 18.4 Å². The van der Waals surface area contributed by atoms with Crippen LogP contribution in [0.1, 0.15) is 38.5 Å². The zero-order valence-electron chi connectivity index (χ0n) is 17.0. The normalized spacial score (nSPS) is 14.8. The number of nitro benzene ring substituents is 1. The first-order valence-electron chi connectivity index (χ1n) is 9.35. The predicted molar refractivity (Wildman–Crippen MR) is 107 cm³/mol. The molecule has 29 heavy (non-hydrogen) atoms. The van der Waals surface area contributed by atoms with Crippen LogP contribution in [0.15, 0.2) is 24.3 Å². The van der Waals surface area contributed by atoms with Crippen LogP contribution < -0.4 is 4.52 Å². The number of hydrogen-bond donors (Lipinski definition) is 2. The second kappa shape index (κ2) is 11.3. The Kier molecular flexibility index (Phi) is 9.72. The van der Waals surface area contributed by atoms with Crippen molar-refractivity contribution in [1.29, 1.82) is 0 Å². The molecule has 0 aliphatic heterocycles. The van der Waals surface area contributed by atoms with Gasteiger partial charge < -0.3 is 14.1 Å². The van der Waals surface area contributed by atoms with Crippen LogP contribution >= 0.6 is 7.82 Å². The average molecular weight is 433 g/mol. The average Bonchev–Trinajstić information content (AvgIpc) is 2.55. The van der Waals surface area contributed by atoms with Crippen molar-refractivity contribution in [3.05, 3.63) is 34.4 Å². The number of quaternary nitrogens is 1. The summed E-state index contributed by atoms with van der Waals surface area (Å²) in [6.45, 7) is 0.475. The summed E-state index contributed by atoms with van der Waals surface area (Å²) in [5.41, 5.74) is -0.156. The van der Waals surface area contributed by atoms with Crippen molar-refractivity contribution in [2.24, 2.45) is 0 Å². The lowest BCUT2D eigenvalue weighted by Gasteiger charge is -2.29. The molecule has 1 rings (SSSR count). The number of phosphoric acid groups is 1. The van der Waals surface area contributed by atoms with Crippen LogP contribution in [0.25, 0.3) is 0 Å².